The summed E-state index contributed by atoms with van der Waals surface area (Å²) >= 11 is 0. The fourth-order valence-electron chi connectivity index (χ4n) is 1.83. The Morgan fingerprint density at radius 1 is 1.20 bits per heavy atom. The van der Waals surface area contributed by atoms with Crippen LogP contribution in [0, 0.1) is 6.92 Å². The summed E-state index contributed by atoms with van der Waals surface area (Å²) in [6.07, 6.45) is 0.876. The smallest absolute Gasteiger partial charge is 0.337 e. The molecule has 0 aliphatic carbocycles. The van der Waals surface area contributed by atoms with Gasteiger partial charge in [-0.2, -0.15) is 0 Å². The first-order valence-electron chi connectivity index (χ1n) is 6.44. The third kappa shape index (κ3) is 4.31. The number of carbonyl (C=O) groups is 2. The zero-order chi connectivity index (χ0) is 15.3. The molecule has 1 aromatic rings. The quantitative estimate of drug-likeness (QED) is 0.844. The van der Waals surface area contributed by atoms with Crippen LogP contribution >= 0.6 is 0 Å². The van der Waals surface area contributed by atoms with E-state index in [2.05, 4.69) is 9.88 Å². The number of aryl methyl sites for hydroxylation is 1. The van der Waals surface area contributed by atoms with E-state index >= 15 is 0 Å². The molecule has 110 valence electrons. The molecule has 6 nitrogen and oxygen atoms in total. The van der Waals surface area contributed by atoms with Gasteiger partial charge in [-0.3, -0.25) is 4.79 Å². The number of hydrogen-bond donors (Lipinski definition) is 1. The zero-order valence-electron chi connectivity index (χ0n) is 12.4. The summed E-state index contributed by atoms with van der Waals surface area (Å²) in [7, 11) is 5.69. The standard InChI is InChI=1S/C14H21N3O3/c1-10-11(14(19)20)6-7-12(15-10)13(18)17(4)9-5-8-16(2)3/h6-7H,5,8-9H2,1-4H3,(H,19,20). The van der Waals surface area contributed by atoms with E-state index in [4.69, 9.17) is 5.11 Å². The van der Waals surface area contributed by atoms with Crippen molar-refractivity contribution in [2.75, 3.05) is 34.2 Å². The molecule has 0 aliphatic rings. The largest absolute Gasteiger partial charge is 0.478 e. The van der Waals surface area contributed by atoms with Crippen molar-refractivity contribution < 1.29 is 14.7 Å². The van der Waals surface area contributed by atoms with Gasteiger partial charge in [0.25, 0.3) is 5.91 Å². The minimum absolute atomic E-state index is 0.122. The van der Waals surface area contributed by atoms with Crippen molar-refractivity contribution >= 4 is 11.9 Å². The number of carboxylic acid groups (broad SMARTS) is 1. The maximum Gasteiger partial charge on any atom is 0.337 e. The van der Waals surface area contributed by atoms with Crippen LogP contribution in [-0.2, 0) is 0 Å². The minimum Gasteiger partial charge on any atom is -0.478 e. The number of aromatic carboxylic acids is 1. The molecule has 0 bridgehead atoms. The van der Waals surface area contributed by atoms with Crippen molar-refractivity contribution in [3.8, 4) is 0 Å². The molecule has 1 rings (SSSR count). The molecule has 1 aromatic heterocycles. The second-order valence-corrected chi connectivity index (χ2v) is 5.02. The Bertz CT molecular complexity index is 500. The number of nitrogens with zero attached hydrogens (tertiary/aromatic N) is 3. The Morgan fingerprint density at radius 2 is 1.85 bits per heavy atom. The molecule has 1 heterocycles. The van der Waals surface area contributed by atoms with E-state index < -0.39 is 5.97 Å². The highest BCUT2D eigenvalue weighted by atomic mass is 16.4. The van der Waals surface area contributed by atoms with Gasteiger partial charge in [-0.05, 0) is 46.1 Å². The molecule has 0 fully saturated rings. The summed E-state index contributed by atoms with van der Waals surface area (Å²) in [4.78, 5) is 30.8. The van der Waals surface area contributed by atoms with Gasteiger partial charge < -0.3 is 14.9 Å². The van der Waals surface area contributed by atoms with E-state index in [1.807, 2.05) is 14.1 Å². The second kappa shape index (κ2) is 7.00. The molecule has 6 heteroatoms. The van der Waals surface area contributed by atoms with Crippen LogP contribution in [0.5, 0.6) is 0 Å². The molecule has 0 radical (unpaired) electrons. The van der Waals surface area contributed by atoms with E-state index in [1.165, 1.54) is 12.1 Å². The molecular formula is C14H21N3O3. The Hall–Kier alpha value is -1.95. The molecule has 0 aromatic carbocycles. The summed E-state index contributed by atoms with van der Waals surface area (Å²) in [6.45, 7) is 3.13. The molecule has 0 aliphatic heterocycles. The monoisotopic (exact) mass is 279 g/mol. The second-order valence-electron chi connectivity index (χ2n) is 5.02. The van der Waals surface area contributed by atoms with Crippen LogP contribution in [0.2, 0.25) is 0 Å². The lowest BCUT2D eigenvalue weighted by molar-refractivity contribution is 0.0693. The van der Waals surface area contributed by atoms with E-state index in [0.29, 0.717) is 12.2 Å². The van der Waals surface area contributed by atoms with Crippen LogP contribution in [0.3, 0.4) is 0 Å². The van der Waals surface area contributed by atoms with Gasteiger partial charge >= 0.3 is 5.97 Å². The van der Waals surface area contributed by atoms with Crippen molar-refractivity contribution in [2.24, 2.45) is 0 Å². The SMILES string of the molecule is Cc1nc(C(=O)N(C)CCCN(C)C)ccc1C(=O)O. The van der Waals surface area contributed by atoms with Gasteiger partial charge in [-0.25, -0.2) is 9.78 Å². The third-order valence-electron chi connectivity index (χ3n) is 2.98. The summed E-state index contributed by atoms with van der Waals surface area (Å²) in [5.41, 5.74) is 0.752. The van der Waals surface area contributed by atoms with Crippen LogP contribution in [0.15, 0.2) is 12.1 Å². The van der Waals surface area contributed by atoms with Crippen LogP contribution in [-0.4, -0.2) is 66.0 Å². The summed E-state index contributed by atoms with van der Waals surface area (Å²) in [5.74, 6) is -1.22. The van der Waals surface area contributed by atoms with Crippen molar-refractivity contribution in [3.63, 3.8) is 0 Å². The Balaban J connectivity index is 2.72. The average molecular weight is 279 g/mol. The number of hydrogen-bond acceptors (Lipinski definition) is 4. The molecule has 0 saturated heterocycles. The highest BCUT2D eigenvalue weighted by Crippen LogP contribution is 2.09. The van der Waals surface area contributed by atoms with Gasteiger partial charge in [0.05, 0.1) is 11.3 Å². The van der Waals surface area contributed by atoms with Crippen molar-refractivity contribution in [1.29, 1.82) is 0 Å². The number of pyridine rings is 1. The highest BCUT2D eigenvalue weighted by Gasteiger charge is 2.16. The van der Waals surface area contributed by atoms with Gasteiger partial charge in [0.2, 0.25) is 0 Å². The Morgan fingerprint density at radius 3 is 2.35 bits per heavy atom. The van der Waals surface area contributed by atoms with Crippen LogP contribution in [0.4, 0.5) is 0 Å². The van der Waals surface area contributed by atoms with E-state index in [-0.39, 0.29) is 17.2 Å². The number of rotatable bonds is 6. The number of amides is 1. The number of aromatic nitrogens is 1. The normalized spacial score (nSPS) is 10.7. The molecule has 0 spiro atoms. The van der Waals surface area contributed by atoms with Gasteiger partial charge in [0.1, 0.15) is 5.69 Å². The average Bonchev–Trinajstić information content (AvgIpc) is 2.36. The lowest BCUT2D eigenvalue weighted by atomic mass is 10.2. The molecule has 0 saturated carbocycles. The van der Waals surface area contributed by atoms with Crippen LogP contribution in [0.1, 0.15) is 33.0 Å². The fourth-order valence-corrected chi connectivity index (χ4v) is 1.83. The first-order chi connectivity index (χ1) is 9.32. The Kier molecular flexibility index (Phi) is 5.64. The summed E-state index contributed by atoms with van der Waals surface area (Å²) < 4.78 is 0. The maximum atomic E-state index is 12.2. The Labute approximate surface area is 119 Å². The first kappa shape index (κ1) is 16.1. The molecule has 0 atom stereocenters. The van der Waals surface area contributed by atoms with E-state index in [1.54, 1.807) is 18.9 Å². The van der Waals surface area contributed by atoms with Crippen molar-refractivity contribution in [3.05, 3.63) is 29.1 Å². The fraction of sp³-hybridized carbons (Fsp3) is 0.500. The van der Waals surface area contributed by atoms with E-state index in [0.717, 1.165) is 13.0 Å². The summed E-state index contributed by atoms with van der Waals surface area (Å²) in [6, 6.07) is 2.88. The minimum atomic E-state index is -1.03. The van der Waals surface area contributed by atoms with E-state index in [9.17, 15) is 9.59 Å². The molecule has 0 unspecified atom stereocenters. The zero-order valence-corrected chi connectivity index (χ0v) is 12.4. The molecule has 20 heavy (non-hydrogen) atoms. The molecule has 1 amide bonds. The lowest BCUT2D eigenvalue weighted by Crippen LogP contribution is -2.30. The van der Waals surface area contributed by atoms with Crippen LogP contribution in [0.25, 0.3) is 0 Å². The maximum absolute atomic E-state index is 12.2. The van der Waals surface area contributed by atoms with Crippen molar-refractivity contribution in [2.45, 2.75) is 13.3 Å². The van der Waals surface area contributed by atoms with Crippen molar-refractivity contribution in [1.82, 2.24) is 14.8 Å². The first-order valence-corrected chi connectivity index (χ1v) is 6.44. The molecular weight excluding hydrogens is 258 g/mol. The third-order valence-corrected chi connectivity index (χ3v) is 2.98. The highest BCUT2D eigenvalue weighted by molar-refractivity contribution is 5.94. The predicted octanol–water partition coefficient (Wildman–Crippen LogP) is 1.11. The molecule has 1 N–H and O–H groups in total. The van der Waals surface area contributed by atoms with Gasteiger partial charge in [-0.1, -0.05) is 0 Å². The van der Waals surface area contributed by atoms with Gasteiger partial charge in [-0.15, -0.1) is 0 Å². The van der Waals surface area contributed by atoms with Gasteiger partial charge in [0, 0.05) is 13.6 Å². The number of carbonyl (C=O) groups excluding carboxylic acids is 1. The van der Waals surface area contributed by atoms with Crippen LogP contribution < -0.4 is 0 Å². The van der Waals surface area contributed by atoms with Gasteiger partial charge in [0.15, 0.2) is 0 Å². The topological polar surface area (TPSA) is 73.7 Å². The predicted molar refractivity (Wildman–Crippen MR) is 76.1 cm³/mol. The summed E-state index contributed by atoms with van der Waals surface area (Å²) in [5, 5.41) is 8.93. The number of carboxylic acids is 1. The lowest BCUT2D eigenvalue weighted by Gasteiger charge is -2.18.